The number of nitrogens with zero attached hydrogens (tertiary/aromatic N) is 1. The molecule has 27 heavy (non-hydrogen) atoms. The van der Waals surface area contributed by atoms with Crippen molar-refractivity contribution in [2.24, 2.45) is 11.7 Å². The van der Waals surface area contributed by atoms with Crippen molar-refractivity contribution in [3.05, 3.63) is 34.9 Å². The second-order valence-corrected chi connectivity index (χ2v) is 7.98. The minimum absolute atomic E-state index is 0. The van der Waals surface area contributed by atoms with Crippen LogP contribution in [0, 0.1) is 5.92 Å². The number of halogens is 3. The van der Waals surface area contributed by atoms with Gasteiger partial charge < -0.3 is 15.8 Å². The number of amides is 1. The molecule has 0 radical (unpaired) electrons. The van der Waals surface area contributed by atoms with Crippen LogP contribution in [0.3, 0.4) is 0 Å². The Kier molecular flexibility index (Phi) is 11.2. The Balaban J connectivity index is 0.00000338. The highest BCUT2D eigenvalue weighted by molar-refractivity contribution is 6.30. The number of hydrogen-bond acceptors (Lipinski definition) is 4. The molecule has 1 aliphatic rings. The van der Waals surface area contributed by atoms with Gasteiger partial charge >= 0.3 is 0 Å². The average molecular weight is 441 g/mol. The normalized spacial score (nSPS) is 19.8. The molecule has 0 aliphatic carbocycles. The standard InChI is InChI=1S/C19H30ClN3O2.2ClH/c1-13(14(2)21)18(24)22-11-17(15-5-7-16(20)8-6-15)23-9-10-25-19(3,4)12-23;;/h5-8,13-14,17H,9-12,21H2,1-4H3,(H,22,24);2*1H. The number of hydrogen-bond donors (Lipinski definition) is 2. The van der Waals surface area contributed by atoms with E-state index in [-0.39, 0.29) is 54.3 Å². The van der Waals surface area contributed by atoms with Gasteiger partial charge in [-0.3, -0.25) is 9.69 Å². The van der Waals surface area contributed by atoms with Crippen LogP contribution >= 0.6 is 36.4 Å². The lowest BCUT2D eigenvalue weighted by molar-refractivity contribution is -0.125. The van der Waals surface area contributed by atoms with Crippen molar-refractivity contribution in [3.8, 4) is 0 Å². The Morgan fingerprint density at radius 3 is 2.41 bits per heavy atom. The predicted molar refractivity (Wildman–Crippen MR) is 116 cm³/mol. The lowest BCUT2D eigenvalue weighted by Gasteiger charge is -2.42. The molecule has 2 rings (SSSR count). The minimum atomic E-state index is -0.216. The molecule has 1 aromatic carbocycles. The van der Waals surface area contributed by atoms with Gasteiger partial charge in [0.1, 0.15) is 0 Å². The molecular formula is C19H32Cl3N3O2. The van der Waals surface area contributed by atoms with Gasteiger partial charge in [-0.15, -0.1) is 24.8 Å². The summed E-state index contributed by atoms with van der Waals surface area (Å²) in [6, 6.07) is 7.73. The van der Waals surface area contributed by atoms with Crippen molar-refractivity contribution >= 4 is 42.3 Å². The van der Waals surface area contributed by atoms with E-state index in [9.17, 15) is 4.79 Å². The molecular weight excluding hydrogens is 409 g/mol. The van der Waals surface area contributed by atoms with Gasteiger partial charge in [-0.05, 0) is 38.5 Å². The number of carbonyl (C=O) groups is 1. The molecule has 1 saturated heterocycles. The molecule has 3 atom stereocenters. The van der Waals surface area contributed by atoms with Gasteiger partial charge in [-0.1, -0.05) is 30.7 Å². The molecule has 3 unspecified atom stereocenters. The van der Waals surface area contributed by atoms with Crippen LogP contribution in [0.4, 0.5) is 0 Å². The third-order valence-electron chi connectivity index (χ3n) is 4.82. The Morgan fingerprint density at radius 1 is 1.30 bits per heavy atom. The first kappa shape index (κ1) is 26.4. The Morgan fingerprint density at radius 2 is 1.89 bits per heavy atom. The van der Waals surface area contributed by atoms with Gasteiger partial charge in [0.05, 0.1) is 18.2 Å². The van der Waals surface area contributed by atoms with Crippen molar-refractivity contribution in [1.29, 1.82) is 0 Å². The number of nitrogens with two attached hydrogens (primary N) is 1. The summed E-state index contributed by atoms with van der Waals surface area (Å²) in [6.07, 6.45) is 0. The minimum Gasteiger partial charge on any atom is -0.373 e. The predicted octanol–water partition coefficient (Wildman–Crippen LogP) is 3.44. The van der Waals surface area contributed by atoms with E-state index >= 15 is 0 Å². The summed E-state index contributed by atoms with van der Waals surface area (Å²) in [7, 11) is 0. The molecule has 1 fully saturated rings. The number of nitrogens with one attached hydrogen (secondary N) is 1. The van der Waals surface area contributed by atoms with E-state index in [1.807, 2.05) is 38.1 Å². The van der Waals surface area contributed by atoms with Crippen molar-refractivity contribution in [3.63, 3.8) is 0 Å². The van der Waals surface area contributed by atoms with Crippen LogP contribution in [0.2, 0.25) is 5.02 Å². The van der Waals surface area contributed by atoms with Gasteiger partial charge in [-0.2, -0.15) is 0 Å². The molecule has 3 N–H and O–H groups in total. The molecule has 0 aromatic heterocycles. The summed E-state index contributed by atoms with van der Waals surface area (Å²) < 4.78 is 5.83. The Labute approximate surface area is 180 Å². The van der Waals surface area contributed by atoms with E-state index < -0.39 is 0 Å². The molecule has 5 nitrogen and oxygen atoms in total. The molecule has 0 bridgehead atoms. The number of ether oxygens (including phenoxy) is 1. The highest BCUT2D eigenvalue weighted by Crippen LogP contribution is 2.27. The van der Waals surface area contributed by atoms with E-state index in [4.69, 9.17) is 22.1 Å². The highest BCUT2D eigenvalue weighted by Gasteiger charge is 2.32. The highest BCUT2D eigenvalue weighted by atomic mass is 35.5. The molecule has 0 saturated carbocycles. The lowest BCUT2D eigenvalue weighted by atomic mass is 9.99. The van der Waals surface area contributed by atoms with Crippen molar-refractivity contribution < 1.29 is 9.53 Å². The SMILES string of the molecule is CC(N)C(C)C(=O)NCC(c1ccc(Cl)cc1)N1CCOC(C)(C)C1.Cl.Cl. The van der Waals surface area contributed by atoms with Gasteiger partial charge in [0, 0.05) is 36.6 Å². The van der Waals surface area contributed by atoms with Gasteiger partial charge in [0.15, 0.2) is 0 Å². The zero-order chi connectivity index (χ0) is 18.6. The third kappa shape index (κ3) is 7.76. The summed E-state index contributed by atoms with van der Waals surface area (Å²) in [6.45, 7) is 10.7. The van der Waals surface area contributed by atoms with Gasteiger partial charge in [-0.25, -0.2) is 0 Å². The maximum atomic E-state index is 12.3. The molecule has 1 aromatic rings. The summed E-state index contributed by atoms with van der Waals surface area (Å²) in [5.74, 6) is -0.228. The quantitative estimate of drug-likeness (QED) is 0.711. The van der Waals surface area contributed by atoms with E-state index in [1.165, 1.54) is 0 Å². The third-order valence-corrected chi connectivity index (χ3v) is 5.07. The fourth-order valence-electron chi connectivity index (χ4n) is 3.06. The van der Waals surface area contributed by atoms with Crippen LogP contribution in [0.5, 0.6) is 0 Å². The first-order valence-corrected chi connectivity index (χ1v) is 9.24. The molecule has 8 heteroatoms. The monoisotopic (exact) mass is 439 g/mol. The van der Waals surface area contributed by atoms with Crippen LogP contribution < -0.4 is 11.1 Å². The topological polar surface area (TPSA) is 67.6 Å². The van der Waals surface area contributed by atoms with Crippen molar-refractivity contribution in [2.75, 3.05) is 26.2 Å². The Bertz CT molecular complexity index is 582. The number of morpholine rings is 1. The summed E-state index contributed by atoms with van der Waals surface area (Å²) in [4.78, 5) is 14.7. The fourth-order valence-corrected chi connectivity index (χ4v) is 3.18. The van der Waals surface area contributed by atoms with Gasteiger partial charge in [0.25, 0.3) is 0 Å². The molecule has 156 valence electrons. The average Bonchev–Trinajstić information content (AvgIpc) is 2.54. The summed E-state index contributed by atoms with van der Waals surface area (Å²) >= 11 is 6.03. The van der Waals surface area contributed by atoms with Crippen LogP contribution in [-0.2, 0) is 9.53 Å². The largest absolute Gasteiger partial charge is 0.373 e. The summed E-state index contributed by atoms with van der Waals surface area (Å²) in [5.41, 5.74) is 6.78. The first-order chi connectivity index (χ1) is 11.7. The molecule has 1 aliphatic heterocycles. The second-order valence-electron chi connectivity index (χ2n) is 7.54. The smallest absolute Gasteiger partial charge is 0.224 e. The van der Waals surface area contributed by atoms with E-state index in [1.54, 1.807) is 0 Å². The van der Waals surface area contributed by atoms with E-state index in [0.29, 0.717) is 18.2 Å². The summed E-state index contributed by atoms with van der Waals surface area (Å²) in [5, 5.41) is 3.78. The van der Waals surface area contributed by atoms with Gasteiger partial charge in [0.2, 0.25) is 5.91 Å². The zero-order valence-corrected chi connectivity index (χ0v) is 18.8. The van der Waals surface area contributed by atoms with Crippen LogP contribution in [0.25, 0.3) is 0 Å². The molecule has 1 heterocycles. The Hall–Kier alpha value is -0.560. The second kappa shape index (κ2) is 11.4. The number of rotatable bonds is 6. The maximum absolute atomic E-state index is 12.3. The fraction of sp³-hybridized carbons (Fsp3) is 0.632. The molecule has 0 spiro atoms. The molecule has 1 amide bonds. The van der Waals surface area contributed by atoms with Crippen molar-refractivity contribution in [1.82, 2.24) is 10.2 Å². The van der Waals surface area contributed by atoms with Crippen LogP contribution in [-0.4, -0.2) is 48.7 Å². The van der Waals surface area contributed by atoms with Crippen molar-refractivity contribution in [2.45, 2.75) is 45.4 Å². The van der Waals surface area contributed by atoms with Crippen LogP contribution in [0.15, 0.2) is 24.3 Å². The van der Waals surface area contributed by atoms with E-state index in [2.05, 4.69) is 24.1 Å². The lowest BCUT2D eigenvalue weighted by Crippen LogP contribution is -2.52. The van der Waals surface area contributed by atoms with E-state index in [0.717, 1.165) is 18.7 Å². The maximum Gasteiger partial charge on any atom is 0.224 e. The van der Waals surface area contributed by atoms with Crippen LogP contribution in [0.1, 0.15) is 39.3 Å². The zero-order valence-electron chi connectivity index (χ0n) is 16.4. The number of benzene rings is 1. The number of carbonyl (C=O) groups excluding carboxylic acids is 1. The first-order valence-electron chi connectivity index (χ1n) is 8.86.